The highest BCUT2D eigenvalue weighted by Crippen LogP contribution is 2.23. The predicted molar refractivity (Wildman–Crippen MR) is 132 cm³/mol. The number of carbonyl (C=O) groups excluding carboxylic acids is 2. The fourth-order valence-electron chi connectivity index (χ4n) is 3.58. The lowest BCUT2D eigenvalue weighted by Crippen LogP contribution is -2.53. The molecule has 0 aromatic heterocycles. The Morgan fingerprint density at radius 3 is 2.12 bits per heavy atom. The van der Waals surface area contributed by atoms with Gasteiger partial charge in [0.25, 0.3) is 0 Å². The molecular weight excluding hydrogens is 438 g/mol. The second kappa shape index (κ2) is 11.8. The van der Waals surface area contributed by atoms with E-state index in [1.807, 2.05) is 57.2 Å². The van der Waals surface area contributed by atoms with Crippen molar-refractivity contribution in [2.75, 3.05) is 17.1 Å². The van der Waals surface area contributed by atoms with Gasteiger partial charge >= 0.3 is 0 Å². The van der Waals surface area contributed by atoms with Gasteiger partial charge < -0.3 is 10.2 Å². The van der Waals surface area contributed by atoms with Crippen molar-refractivity contribution in [3.63, 3.8) is 0 Å². The highest BCUT2D eigenvalue weighted by molar-refractivity contribution is 7.92. The van der Waals surface area contributed by atoms with E-state index in [-0.39, 0.29) is 25.0 Å². The maximum Gasteiger partial charge on any atom is 0.244 e. The molecule has 0 radical (unpaired) electrons. The van der Waals surface area contributed by atoms with Crippen LogP contribution in [0.25, 0.3) is 0 Å². The van der Waals surface area contributed by atoms with Crippen LogP contribution in [0, 0.1) is 6.92 Å². The van der Waals surface area contributed by atoms with E-state index in [0.29, 0.717) is 12.1 Å². The molecule has 0 aliphatic rings. The molecule has 0 saturated heterocycles. The number of amides is 2. The quantitative estimate of drug-likeness (QED) is 0.541. The minimum atomic E-state index is -3.73. The van der Waals surface area contributed by atoms with Gasteiger partial charge in [-0.2, -0.15) is 0 Å². The summed E-state index contributed by atoms with van der Waals surface area (Å²) < 4.78 is 26.4. The normalized spacial score (nSPS) is 13.1. The van der Waals surface area contributed by atoms with Crippen molar-refractivity contribution in [2.24, 2.45) is 0 Å². The van der Waals surface area contributed by atoms with Crippen molar-refractivity contribution >= 4 is 27.5 Å². The average Bonchev–Trinajstić information content (AvgIpc) is 2.77. The maximum atomic E-state index is 13.6. The zero-order valence-electron chi connectivity index (χ0n) is 20.1. The molecule has 1 N–H and O–H groups in total. The van der Waals surface area contributed by atoms with E-state index in [4.69, 9.17) is 0 Å². The Kier molecular flexibility index (Phi) is 9.46. The maximum absolute atomic E-state index is 13.6. The van der Waals surface area contributed by atoms with Gasteiger partial charge in [-0.25, -0.2) is 8.42 Å². The molecule has 2 aromatic carbocycles. The molecule has 0 spiro atoms. The van der Waals surface area contributed by atoms with Crippen molar-refractivity contribution in [2.45, 2.75) is 59.2 Å². The fourth-order valence-corrected chi connectivity index (χ4v) is 4.49. The lowest BCUT2D eigenvalue weighted by atomic mass is 10.1. The van der Waals surface area contributed by atoms with E-state index in [0.717, 1.165) is 28.1 Å². The summed E-state index contributed by atoms with van der Waals surface area (Å²) in [5.41, 5.74) is 2.06. The molecule has 0 fully saturated rings. The molecule has 0 heterocycles. The summed E-state index contributed by atoms with van der Waals surface area (Å²) in [5.74, 6) is -0.670. The molecule has 2 aromatic rings. The first kappa shape index (κ1) is 26.4. The van der Waals surface area contributed by atoms with Gasteiger partial charge in [0.1, 0.15) is 12.6 Å². The summed E-state index contributed by atoms with van der Waals surface area (Å²) >= 11 is 0. The van der Waals surface area contributed by atoms with Crippen LogP contribution >= 0.6 is 0 Å². The van der Waals surface area contributed by atoms with E-state index in [9.17, 15) is 18.0 Å². The zero-order valence-corrected chi connectivity index (χ0v) is 20.9. The molecule has 0 aliphatic carbocycles. The van der Waals surface area contributed by atoms with Crippen LogP contribution < -0.4 is 9.62 Å². The number of nitrogens with one attached hydrogen (secondary N) is 1. The lowest BCUT2D eigenvalue weighted by Gasteiger charge is -2.33. The monoisotopic (exact) mass is 473 g/mol. The molecule has 2 amide bonds. The molecule has 0 bridgehead atoms. The summed E-state index contributed by atoms with van der Waals surface area (Å²) in [6.07, 6.45) is 2.26. The third kappa shape index (κ3) is 7.32. The second-order valence-electron chi connectivity index (χ2n) is 8.31. The smallest absolute Gasteiger partial charge is 0.244 e. The number of sulfonamides is 1. The Morgan fingerprint density at radius 2 is 1.58 bits per heavy atom. The van der Waals surface area contributed by atoms with E-state index >= 15 is 0 Å². The van der Waals surface area contributed by atoms with Crippen LogP contribution in [0.4, 0.5) is 5.69 Å². The van der Waals surface area contributed by atoms with E-state index in [1.54, 1.807) is 25.1 Å². The van der Waals surface area contributed by atoms with Gasteiger partial charge in [-0.15, -0.1) is 0 Å². The summed E-state index contributed by atoms with van der Waals surface area (Å²) in [7, 11) is -3.73. The van der Waals surface area contributed by atoms with Crippen LogP contribution in [0.5, 0.6) is 0 Å². The van der Waals surface area contributed by atoms with E-state index < -0.39 is 22.0 Å². The first-order valence-corrected chi connectivity index (χ1v) is 13.1. The van der Waals surface area contributed by atoms with Gasteiger partial charge in [0, 0.05) is 12.6 Å². The number of anilines is 1. The summed E-state index contributed by atoms with van der Waals surface area (Å²) in [6.45, 7) is 7.36. The van der Waals surface area contributed by atoms with Crippen molar-refractivity contribution < 1.29 is 18.0 Å². The Hall–Kier alpha value is -2.87. The number of para-hydroxylation sites is 1. The Balaban J connectivity index is 2.42. The molecule has 7 nitrogen and oxygen atoms in total. The predicted octanol–water partition coefficient (Wildman–Crippen LogP) is 3.48. The van der Waals surface area contributed by atoms with Crippen molar-refractivity contribution in [1.29, 1.82) is 0 Å². The Morgan fingerprint density at radius 1 is 0.970 bits per heavy atom. The molecule has 2 atom stereocenters. The van der Waals surface area contributed by atoms with Gasteiger partial charge in [0.05, 0.1) is 11.9 Å². The molecule has 180 valence electrons. The number of rotatable bonds is 11. The van der Waals surface area contributed by atoms with Crippen molar-refractivity contribution in [3.8, 4) is 0 Å². The largest absolute Gasteiger partial charge is 0.352 e. The van der Waals surface area contributed by atoms with Crippen LogP contribution in [0.15, 0.2) is 54.6 Å². The standard InChI is InChI=1S/C25H35N3O4S/c1-6-20(4)26-25(30)22(7-2)27(17-21-14-9-8-10-15-21)24(29)18-28(33(5,31)32)23-16-12-11-13-19(23)3/h8-16,20,22H,6-7,17-18H2,1-5H3,(H,26,30)/t20-,22+/m0/s1. The van der Waals surface area contributed by atoms with E-state index in [1.165, 1.54) is 4.90 Å². The highest BCUT2D eigenvalue weighted by Gasteiger charge is 2.32. The fraction of sp³-hybridized carbons (Fsp3) is 0.440. The number of benzene rings is 2. The van der Waals surface area contributed by atoms with Crippen LogP contribution in [0.1, 0.15) is 44.7 Å². The number of hydrogen-bond donors (Lipinski definition) is 1. The summed E-state index contributed by atoms with van der Waals surface area (Å²) in [5, 5.41) is 2.96. The van der Waals surface area contributed by atoms with Crippen molar-refractivity contribution in [3.05, 3.63) is 65.7 Å². The highest BCUT2D eigenvalue weighted by atomic mass is 32.2. The third-order valence-electron chi connectivity index (χ3n) is 5.65. The average molecular weight is 474 g/mol. The molecule has 0 saturated carbocycles. The SMILES string of the molecule is CC[C@H](C(=O)N[C@@H](C)CC)N(Cc1ccccc1)C(=O)CN(c1ccccc1C)S(C)(=O)=O. The van der Waals surface area contributed by atoms with E-state index in [2.05, 4.69) is 5.32 Å². The lowest BCUT2D eigenvalue weighted by molar-refractivity contribution is -0.140. The van der Waals surface area contributed by atoms with Crippen LogP contribution in [0.3, 0.4) is 0 Å². The number of carbonyl (C=O) groups is 2. The summed E-state index contributed by atoms with van der Waals surface area (Å²) in [6, 6.07) is 15.7. The van der Waals surface area contributed by atoms with Crippen molar-refractivity contribution in [1.82, 2.24) is 10.2 Å². The van der Waals surface area contributed by atoms with Crippen LogP contribution in [0.2, 0.25) is 0 Å². The molecule has 0 unspecified atom stereocenters. The zero-order chi connectivity index (χ0) is 24.6. The molecule has 2 rings (SSSR count). The molecule has 0 aliphatic heterocycles. The van der Waals surface area contributed by atoms with Gasteiger partial charge in [-0.3, -0.25) is 13.9 Å². The second-order valence-corrected chi connectivity index (χ2v) is 10.2. The first-order valence-electron chi connectivity index (χ1n) is 11.3. The van der Waals surface area contributed by atoms with Gasteiger partial charge in [0.15, 0.2) is 0 Å². The van der Waals surface area contributed by atoms with Gasteiger partial charge in [-0.05, 0) is 43.9 Å². The number of hydrogen-bond acceptors (Lipinski definition) is 4. The minimum absolute atomic E-state index is 0.0280. The Labute approximate surface area is 197 Å². The molecular formula is C25H35N3O4S. The third-order valence-corrected chi connectivity index (χ3v) is 6.77. The first-order chi connectivity index (χ1) is 15.6. The number of aryl methyl sites for hydroxylation is 1. The van der Waals surface area contributed by atoms with Gasteiger partial charge in [-0.1, -0.05) is 62.4 Å². The van der Waals surface area contributed by atoms with Gasteiger partial charge in [0.2, 0.25) is 21.8 Å². The molecule has 33 heavy (non-hydrogen) atoms. The minimum Gasteiger partial charge on any atom is -0.352 e. The summed E-state index contributed by atoms with van der Waals surface area (Å²) in [4.78, 5) is 28.1. The topological polar surface area (TPSA) is 86.8 Å². The van der Waals surface area contributed by atoms with Crippen LogP contribution in [-0.2, 0) is 26.2 Å². The molecule has 8 heteroatoms. The van der Waals surface area contributed by atoms with Crippen LogP contribution in [-0.4, -0.2) is 50.0 Å². The Bertz CT molecular complexity index is 1040. The number of nitrogens with zero attached hydrogens (tertiary/aromatic N) is 2.